The molecule has 9 heteroatoms. The minimum Gasteiger partial charge on any atom is -0.504 e. The molecule has 0 radical (unpaired) electrons. The summed E-state index contributed by atoms with van der Waals surface area (Å²) in [6.45, 7) is 8.96. The van der Waals surface area contributed by atoms with Gasteiger partial charge in [0.2, 0.25) is 0 Å². The number of aliphatic imine (C=N–C) groups is 2. The van der Waals surface area contributed by atoms with E-state index in [9.17, 15) is 30.5 Å². The molecule has 3 aromatic rings. The van der Waals surface area contributed by atoms with Crippen molar-refractivity contribution in [1.29, 1.82) is 0 Å². The fourth-order valence-corrected chi connectivity index (χ4v) is 7.55. The molecule has 43 heavy (non-hydrogen) atoms. The first-order valence-electron chi connectivity index (χ1n) is 14.8. The highest BCUT2D eigenvalue weighted by atomic mass is 16.6. The zero-order valence-electron chi connectivity index (χ0n) is 25.0. The largest absolute Gasteiger partial charge is 0.504 e. The predicted molar refractivity (Wildman–Crippen MR) is 168 cm³/mol. The smallest absolute Gasteiger partial charge is 0.278 e. The van der Waals surface area contributed by atoms with Crippen LogP contribution in [0.5, 0.6) is 23.0 Å². The summed E-state index contributed by atoms with van der Waals surface area (Å²) in [7, 11) is 0. The van der Waals surface area contributed by atoms with Crippen LogP contribution in [0.15, 0.2) is 52.4 Å². The van der Waals surface area contributed by atoms with E-state index in [1.54, 1.807) is 24.6 Å². The molecule has 0 spiro atoms. The summed E-state index contributed by atoms with van der Waals surface area (Å²) in [6.07, 6.45) is 7.57. The monoisotopic (exact) mass is 585 g/mol. The van der Waals surface area contributed by atoms with Crippen LogP contribution in [0.2, 0.25) is 0 Å². The molecule has 226 valence electrons. The number of nitro groups is 1. The molecule has 5 rings (SSSR count). The van der Waals surface area contributed by atoms with Crippen molar-refractivity contribution >= 4 is 23.8 Å². The number of phenols is 4. The topological polar surface area (TPSA) is 149 Å². The second kappa shape index (κ2) is 11.4. The molecular weight excluding hydrogens is 546 g/mol. The highest BCUT2D eigenvalue weighted by Gasteiger charge is 2.53. The Hall–Kier alpha value is -4.40. The number of benzene rings is 3. The van der Waals surface area contributed by atoms with E-state index in [2.05, 4.69) is 19.9 Å². The Morgan fingerprint density at radius 3 is 2.16 bits per heavy atom. The molecule has 3 atom stereocenters. The summed E-state index contributed by atoms with van der Waals surface area (Å²) in [4.78, 5) is 21.9. The highest BCUT2D eigenvalue weighted by Crippen LogP contribution is 2.59. The average molecular weight is 586 g/mol. The molecule has 9 nitrogen and oxygen atoms in total. The molecular formula is C34H39N3O6. The fourth-order valence-electron chi connectivity index (χ4n) is 7.55. The Morgan fingerprint density at radius 2 is 1.58 bits per heavy atom. The van der Waals surface area contributed by atoms with Crippen molar-refractivity contribution in [2.75, 3.05) is 6.54 Å². The minimum atomic E-state index is -0.311. The Balaban J connectivity index is 1.56. The van der Waals surface area contributed by atoms with Crippen molar-refractivity contribution < 1.29 is 25.3 Å². The fraction of sp³-hybridized carbons (Fsp3) is 0.412. The van der Waals surface area contributed by atoms with Gasteiger partial charge in [-0.2, -0.15) is 0 Å². The van der Waals surface area contributed by atoms with E-state index in [1.807, 2.05) is 13.8 Å². The number of hydrogen-bond acceptors (Lipinski definition) is 8. The van der Waals surface area contributed by atoms with Gasteiger partial charge in [-0.05, 0) is 108 Å². The van der Waals surface area contributed by atoms with Crippen LogP contribution in [0.25, 0.3) is 0 Å². The summed E-state index contributed by atoms with van der Waals surface area (Å²) in [5.74, 6) is -0.746. The Morgan fingerprint density at radius 1 is 0.953 bits per heavy atom. The quantitative estimate of drug-likeness (QED) is 0.0981. The van der Waals surface area contributed by atoms with Crippen LogP contribution in [0.3, 0.4) is 0 Å². The van der Waals surface area contributed by atoms with Gasteiger partial charge >= 0.3 is 0 Å². The number of hydrogen-bond donors (Lipinski definition) is 4. The van der Waals surface area contributed by atoms with Gasteiger partial charge in [-0.1, -0.05) is 34.1 Å². The lowest BCUT2D eigenvalue weighted by Crippen LogP contribution is -2.50. The molecule has 2 aliphatic carbocycles. The third-order valence-corrected chi connectivity index (χ3v) is 9.58. The van der Waals surface area contributed by atoms with Crippen LogP contribution < -0.4 is 0 Å². The Labute approximate surface area is 251 Å². The Bertz CT molecular complexity index is 1630. The van der Waals surface area contributed by atoms with Gasteiger partial charge in [0, 0.05) is 24.5 Å². The van der Waals surface area contributed by atoms with E-state index in [-0.39, 0.29) is 56.3 Å². The van der Waals surface area contributed by atoms with Crippen molar-refractivity contribution in [3.05, 3.63) is 80.4 Å². The van der Waals surface area contributed by atoms with Crippen molar-refractivity contribution in [3.63, 3.8) is 0 Å². The van der Waals surface area contributed by atoms with E-state index in [0.29, 0.717) is 35.3 Å². The van der Waals surface area contributed by atoms with Crippen LogP contribution in [0, 0.1) is 21.4 Å². The van der Waals surface area contributed by atoms with Crippen LogP contribution in [0.1, 0.15) is 87.1 Å². The van der Waals surface area contributed by atoms with E-state index in [4.69, 9.17) is 9.98 Å². The van der Waals surface area contributed by atoms with Crippen molar-refractivity contribution in [2.45, 2.75) is 71.1 Å². The van der Waals surface area contributed by atoms with Crippen molar-refractivity contribution in [2.24, 2.45) is 21.3 Å². The molecule has 0 amide bonds. The molecule has 1 fully saturated rings. The van der Waals surface area contributed by atoms with Gasteiger partial charge < -0.3 is 20.4 Å². The second-order valence-corrected chi connectivity index (χ2v) is 12.8. The average Bonchev–Trinajstić information content (AvgIpc) is 2.94. The molecule has 0 aromatic heterocycles. The first-order chi connectivity index (χ1) is 20.3. The molecule has 2 aliphatic rings. The molecule has 0 aliphatic heterocycles. The number of aromatic hydroxyl groups is 4. The lowest BCUT2D eigenvalue weighted by Gasteiger charge is -2.55. The summed E-state index contributed by atoms with van der Waals surface area (Å²) >= 11 is 0. The third-order valence-electron chi connectivity index (χ3n) is 9.58. The first-order valence-corrected chi connectivity index (χ1v) is 14.8. The van der Waals surface area contributed by atoms with E-state index < -0.39 is 0 Å². The normalized spacial score (nSPS) is 23.5. The summed E-state index contributed by atoms with van der Waals surface area (Å²) in [5.41, 5.74) is 3.92. The van der Waals surface area contributed by atoms with Crippen LogP contribution in [-0.2, 0) is 11.8 Å². The molecule has 0 unspecified atom stereocenters. The maximum Gasteiger partial charge on any atom is 0.278 e. The molecule has 1 saturated carbocycles. The number of phenolic OH excluding ortho intramolecular Hbond substituents is 4. The van der Waals surface area contributed by atoms with Crippen LogP contribution in [-0.4, -0.2) is 44.3 Å². The molecule has 0 heterocycles. The van der Waals surface area contributed by atoms with Gasteiger partial charge in [-0.3, -0.25) is 20.1 Å². The number of nitrogens with zero attached hydrogens (tertiary/aromatic N) is 3. The molecule has 4 N–H and O–H groups in total. The minimum absolute atomic E-state index is 0.137. The van der Waals surface area contributed by atoms with Gasteiger partial charge in [0.05, 0.1) is 16.2 Å². The standard InChI is InChI=1S/C34H39N3O6/c1-20(2)31-25(36-18-22-7-10-27(39)29(41)15-22)16-24-23(32(31)37(42)43)8-11-30-33(3,12-5-13-34(24,30)4)19-35-17-21-6-9-26(38)28(40)14-21/h6-7,9-10,14-18,20,30,38-41H,5,8,11-13,19H2,1-4H3/t30-,33-,34+/m0/s1. The van der Waals surface area contributed by atoms with E-state index in [0.717, 1.165) is 36.8 Å². The van der Waals surface area contributed by atoms with E-state index >= 15 is 0 Å². The summed E-state index contributed by atoms with van der Waals surface area (Å²) in [5, 5.41) is 51.8. The predicted octanol–water partition coefficient (Wildman–Crippen LogP) is 7.42. The van der Waals surface area contributed by atoms with Gasteiger partial charge in [0.25, 0.3) is 5.69 Å². The number of nitro benzene ring substituents is 1. The third kappa shape index (κ3) is 5.56. The first kappa shape index (κ1) is 30.1. The number of rotatable bonds is 7. The van der Waals surface area contributed by atoms with Gasteiger partial charge in [0.1, 0.15) is 0 Å². The molecule has 3 aromatic carbocycles. The van der Waals surface area contributed by atoms with Gasteiger partial charge in [-0.15, -0.1) is 0 Å². The van der Waals surface area contributed by atoms with E-state index in [1.165, 1.54) is 24.3 Å². The maximum atomic E-state index is 12.7. The summed E-state index contributed by atoms with van der Waals surface area (Å²) in [6, 6.07) is 11.1. The van der Waals surface area contributed by atoms with Crippen LogP contribution >= 0.6 is 0 Å². The zero-order valence-corrected chi connectivity index (χ0v) is 25.0. The lowest BCUT2D eigenvalue weighted by molar-refractivity contribution is -0.386. The maximum absolute atomic E-state index is 12.7. The summed E-state index contributed by atoms with van der Waals surface area (Å²) < 4.78 is 0. The second-order valence-electron chi connectivity index (χ2n) is 12.8. The van der Waals surface area contributed by atoms with Crippen molar-refractivity contribution in [1.82, 2.24) is 0 Å². The van der Waals surface area contributed by atoms with Gasteiger partial charge in [-0.25, -0.2) is 0 Å². The zero-order chi connectivity index (χ0) is 31.1. The van der Waals surface area contributed by atoms with Crippen molar-refractivity contribution in [3.8, 4) is 23.0 Å². The Kier molecular flexibility index (Phi) is 7.94. The molecule has 0 bridgehead atoms. The number of fused-ring (bicyclic) bond motifs is 3. The van der Waals surface area contributed by atoms with Gasteiger partial charge in [0.15, 0.2) is 23.0 Å². The highest BCUT2D eigenvalue weighted by molar-refractivity contribution is 5.84. The lowest BCUT2D eigenvalue weighted by atomic mass is 9.49. The molecule has 0 saturated heterocycles. The van der Waals surface area contributed by atoms with Crippen LogP contribution in [0.4, 0.5) is 11.4 Å². The SMILES string of the molecule is CC(C)c1c(N=Cc2ccc(O)c(O)c2)cc2c(c1[N+](=O)[O-])CC[C@H]1[C@](C)(CN=Cc3ccc(O)c(O)c3)CCC[C@]21C.